The first kappa shape index (κ1) is 16.9. The number of nitrogens with one attached hydrogen (secondary N) is 1. The van der Waals surface area contributed by atoms with E-state index in [1.165, 1.54) is 14.2 Å². The molecule has 0 fully saturated rings. The van der Waals surface area contributed by atoms with Crippen LogP contribution in [-0.2, 0) is 4.79 Å². The lowest BCUT2D eigenvalue weighted by Gasteiger charge is -2.13. The molecule has 0 aliphatic carbocycles. The van der Waals surface area contributed by atoms with Gasteiger partial charge < -0.3 is 14.8 Å². The van der Waals surface area contributed by atoms with E-state index in [0.29, 0.717) is 27.8 Å². The first-order valence-corrected chi connectivity index (χ1v) is 7.39. The summed E-state index contributed by atoms with van der Waals surface area (Å²) in [7, 11) is 3.03. The zero-order chi connectivity index (χ0) is 16.8. The Hall–Kier alpha value is -2.46. The monoisotopic (exact) mass is 331 g/mol. The van der Waals surface area contributed by atoms with Gasteiger partial charge in [0, 0.05) is 17.7 Å². The third kappa shape index (κ3) is 4.27. The van der Waals surface area contributed by atoms with Gasteiger partial charge in [0.1, 0.15) is 11.5 Å². The van der Waals surface area contributed by atoms with E-state index in [1.54, 1.807) is 19.1 Å². The maximum Gasteiger partial charge on any atom is 0.251 e. The molecule has 0 radical (unpaired) electrons. The molecule has 2 rings (SSSR count). The molecule has 0 spiro atoms. The van der Waals surface area contributed by atoms with Gasteiger partial charge >= 0.3 is 0 Å². The van der Waals surface area contributed by atoms with Crippen LogP contribution in [0.3, 0.4) is 0 Å². The molecule has 0 bridgehead atoms. The quantitative estimate of drug-likeness (QED) is 0.826. The van der Waals surface area contributed by atoms with Crippen LogP contribution >= 0.6 is 11.6 Å². The number of rotatable bonds is 5. The maximum absolute atomic E-state index is 12.4. The summed E-state index contributed by atoms with van der Waals surface area (Å²) in [6.45, 7) is 1.75. The minimum absolute atomic E-state index is 0.225. The molecule has 120 valence electrons. The summed E-state index contributed by atoms with van der Waals surface area (Å²) >= 11 is 6.06. The second-order valence-corrected chi connectivity index (χ2v) is 5.29. The second-order valence-electron chi connectivity index (χ2n) is 4.88. The molecular formula is C18H18ClNO3. The van der Waals surface area contributed by atoms with Gasteiger partial charge in [-0.3, -0.25) is 4.79 Å². The van der Waals surface area contributed by atoms with Gasteiger partial charge in [-0.1, -0.05) is 41.9 Å². The summed E-state index contributed by atoms with van der Waals surface area (Å²) in [6, 6.07) is 12.9. The van der Waals surface area contributed by atoms with Crippen molar-refractivity contribution in [3.8, 4) is 11.5 Å². The molecule has 23 heavy (non-hydrogen) atoms. The Morgan fingerprint density at radius 2 is 1.74 bits per heavy atom. The van der Waals surface area contributed by atoms with Crippen molar-refractivity contribution in [1.29, 1.82) is 0 Å². The second kappa shape index (κ2) is 7.70. The van der Waals surface area contributed by atoms with Gasteiger partial charge in [0.15, 0.2) is 0 Å². The fourth-order valence-electron chi connectivity index (χ4n) is 2.04. The highest BCUT2D eigenvalue weighted by Crippen LogP contribution is 2.36. The van der Waals surface area contributed by atoms with Gasteiger partial charge in [-0.15, -0.1) is 0 Å². The van der Waals surface area contributed by atoms with Gasteiger partial charge in [0.2, 0.25) is 0 Å². The maximum atomic E-state index is 12.4. The predicted molar refractivity (Wildman–Crippen MR) is 93.3 cm³/mol. The van der Waals surface area contributed by atoms with E-state index in [9.17, 15) is 4.79 Å². The van der Waals surface area contributed by atoms with Gasteiger partial charge in [0.05, 0.1) is 24.9 Å². The summed E-state index contributed by atoms with van der Waals surface area (Å²) in [5.74, 6) is 0.709. The molecule has 0 unspecified atom stereocenters. The molecule has 2 aromatic rings. The van der Waals surface area contributed by atoms with Crippen LogP contribution in [0.4, 0.5) is 5.69 Å². The molecule has 5 heteroatoms. The lowest BCUT2D eigenvalue weighted by molar-refractivity contribution is -0.112. The molecule has 1 N–H and O–H groups in total. The normalized spacial score (nSPS) is 11.0. The van der Waals surface area contributed by atoms with E-state index in [0.717, 1.165) is 5.56 Å². The van der Waals surface area contributed by atoms with Crippen LogP contribution < -0.4 is 14.8 Å². The zero-order valence-electron chi connectivity index (χ0n) is 13.2. The van der Waals surface area contributed by atoms with E-state index >= 15 is 0 Å². The average molecular weight is 332 g/mol. The van der Waals surface area contributed by atoms with Crippen LogP contribution in [0.1, 0.15) is 12.5 Å². The van der Waals surface area contributed by atoms with E-state index in [2.05, 4.69) is 5.32 Å². The number of benzene rings is 2. The number of carbonyl (C=O) groups excluding carboxylic acids is 1. The lowest BCUT2D eigenvalue weighted by atomic mass is 10.1. The van der Waals surface area contributed by atoms with E-state index in [-0.39, 0.29) is 5.91 Å². The van der Waals surface area contributed by atoms with Crippen molar-refractivity contribution in [2.45, 2.75) is 6.92 Å². The number of hydrogen-bond acceptors (Lipinski definition) is 3. The number of ether oxygens (including phenoxy) is 2. The minimum atomic E-state index is -0.225. The van der Waals surface area contributed by atoms with Crippen LogP contribution in [0.25, 0.3) is 6.08 Å². The average Bonchev–Trinajstić information content (AvgIpc) is 2.56. The first-order chi connectivity index (χ1) is 11.0. The molecule has 0 aromatic heterocycles. The minimum Gasteiger partial charge on any atom is -0.495 e. The predicted octanol–water partition coefficient (Wildman–Crippen LogP) is 4.40. The number of anilines is 1. The summed E-state index contributed by atoms with van der Waals surface area (Å²) in [5.41, 5.74) is 2.03. The summed E-state index contributed by atoms with van der Waals surface area (Å²) in [6.07, 6.45) is 1.81. The van der Waals surface area contributed by atoms with E-state index in [4.69, 9.17) is 21.1 Å². The third-order valence-corrected chi connectivity index (χ3v) is 3.56. The van der Waals surface area contributed by atoms with Crippen LogP contribution in [0, 0.1) is 0 Å². The molecule has 0 heterocycles. The summed E-state index contributed by atoms with van der Waals surface area (Å²) < 4.78 is 10.4. The molecule has 0 atom stereocenters. The lowest BCUT2D eigenvalue weighted by Crippen LogP contribution is -2.13. The molecule has 0 saturated carbocycles. The van der Waals surface area contributed by atoms with Gasteiger partial charge in [0.25, 0.3) is 5.91 Å². The van der Waals surface area contributed by atoms with Crippen molar-refractivity contribution in [1.82, 2.24) is 0 Å². The van der Waals surface area contributed by atoms with Crippen molar-refractivity contribution in [2.75, 3.05) is 19.5 Å². The Morgan fingerprint density at radius 3 is 2.35 bits per heavy atom. The number of amides is 1. The SMILES string of the molecule is COc1cc(NC(=O)/C(C)=C/c2ccccc2)c(OC)cc1Cl. The number of hydrogen-bond donors (Lipinski definition) is 1. The number of halogens is 1. The summed E-state index contributed by atoms with van der Waals surface area (Å²) in [4.78, 5) is 12.4. The van der Waals surface area contributed by atoms with E-state index in [1.807, 2.05) is 36.4 Å². The van der Waals surface area contributed by atoms with Crippen LogP contribution in [0.15, 0.2) is 48.0 Å². The molecular weight excluding hydrogens is 314 g/mol. The molecule has 0 saturated heterocycles. The van der Waals surface area contributed by atoms with Crippen LogP contribution in [-0.4, -0.2) is 20.1 Å². The van der Waals surface area contributed by atoms with Gasteiger partial charge in [-0.05, 0) is 18.6 Å². The Morgan fingerprint density at radius 1 is 1.09 bits per heavy atom. The standard InChI is InChI=1S/C18H18ClNO3/c1-12(9-13-7-5-4-6-8-13)18(21)20-15-11-16(22-2)14(19)10-17(15)23-3/h4-11H,1-3H3,(H,20,21)/b12-9+. The molecule has 1 amide bonds. The van der Waals surface area contributed by atoms with Crippen LogP contribution in [0.5, 0.6) is 11.5 Å². The zero-order valence-corrected chi connectivity index (χ0v) is 14.0. The van der Waals surface area contributed by atoms with Gasteiger partial charge in [-0.25, -0.2) is 0 Å². The highest BCUT2D eigenvalue weighted by atomic mass is 35.5. The highest BCUT2D eigenvalue weighted by Gasteiger charge is 2.13. The van der Waals surface area contributed by atoms with E-state index < -0.39 is 0 Å². The highest BCUT2D eigenvalue weighted by molar-refractivity contribution is 6.32. The molecule has 2 aromatic carbocycles. The topological polar surface area (TPSA) is 47.6 Å². The molecule has 0 aliphatic heterocycles. The Labute approximate surface area is 140 Å². The Kier molecular flexibility index (Phi) is 5.66. The van der Waals surface area contributed by atoms with Crippen LogP contribution in [0.2, 0.25) is 5.02 Å². The molecule has 4 nitrogen and oxygen atoms in total. The fourth-order valence-corrected chi connectivity index (χ4v) is 2.27. The number of methoxy groups -OCH3 is 2. The third-order valence-electron chi connectivity index (χ3n) is 3.26. The first-order valence-electron chi connectivity index (χ1n) is 7.01. The molecule has 0 aliphatic rings. The van der Waals surface area contributed by atoms with Crippen molar-refractivity contribution in [3.05, 3.63) is 58.6 Å². The van der Waals surface area contributed by atoms with Crippen molar-refractivity contribution in [3.63, 3.8) is 0 Å². The largest absolute Gasteiger partial charge is 0.495 e. The smallest absolute Gasteiger partial charge is 0.251 e. The number of carbonyl (C=O) groups is 1. The van der Waals surface area contributed by atoms with Crippen molar-refractivity contribution in [2.24, 2.45) is 0 Å². The Bertz CT molecular complexity index is 727. The van der Waals surface area contributed by atoms with Gasteiger partial charge in [-0.2, -0.15) is 0 Å². The van der Waals surface area contributed by atoms with Crippen molar-refractivity contribution < 1.29 is 14.3 Å². The Balaban J connectivity index is 2.24. The fraction of sp³-hybridized carbons (Fsp3) is 0.167. The summed E-state index contributed by atoms with van der Waals surface area (Å²) in [5, 5.41) is 3.23. The van der Waals surface area contributed by atoms with Crippen molar-refractivity contribution >= 4 is 29.3 Å².